The largest absolute Gasteiger partial charge is 0.363 e. The summed E-state index contributed by atoms with van der Waals surface area (Å²) in [5.41, 5.74) is 3.49. The Hall–Kier alpha value is -3.15. The van der Waals surface area contributed by atoms with Gasteiger partial charge >= 0.3 is 0 Å². The standard InChI is InChI=1S/C27H28ClN5/c1-20(22-7-3-2-4-8-22)29-26-24-9-5-6-10-25(24)30-27(31-26)33-17-15-32(16-18-33)19-21-11-13-23(28)14-12-21/h2-14,20H,15-19H2,1H3,(H,29,30,31). The maximum Gasteiger partial charge on any atom is 0.227 e. The third-order valence-electron chi connectivity index (χ3n) is 6.22. The second-order valence-electron chi connectivity index (χ2n) is 8.56. The molecule has 168 valence electrons. The molecular formula is C27H28ClN5. The molecule has 1 aliphatic heterocycles. The maximum absolute atomic E-state index is 6.02. The number of nitrogens with zero attached hydrogens (tertiary/aromatic N) is 4. The highest BCUT2D eigenvalue weighted by molar-refractivity contribution is 6.30. The Balaban J connectivity index is 1.33. The number of anilines is 2. The van der Waals surface area contributed by atoms with Crippen LogP contribution in [0.1, 0.15) is 24.1 Å². The number of hydrogen-bond donors (Lipinski definition) is 1. The van der Waals surface area contributed by atoms with Crippen LogP contribution in [0.3, 0.4) is 0 Å². The summed E-state index contributed by atoms with van der Waals surface area (Å²) in [7, 11) is 0. The van der Waals surface area contributed by atoms with Crippen molar-refractivity contribution in [2.45, 2.75) is 19.5 Å². The molecule has 1 fully saturated rings. The van der Waals surface area contributed by atoms with Crippen LogP contribution >= 0.6 is 11.6 Å². The van der Waals surface area contributed by atoms with Gasteiger partial charge in [0.25, 0.3) is 0 Å². The van der Waals surface area contributed by atoms with E-state index in [1.165, 1.54) is 11.1 Å². The number of benzene rings is 3. The molecule has 4 aromatic rings. The number of piperazine rings is 1. The summed E-state index contributed by atoms with van der Waals surface area (Å²) in [6.45, 7) is 6.86. The Morgan fingerprint density at radius 2 is 1.55 bits per heavy atom. The number of nitrogens with one attached hydrogen (secondary N) is 1. The molecule has 1 atom stereocenters. The van der Waals surface area contributed by atoms with Crippen LogP contribution in [0.25, 0.3) is 10.9 Å². The summed E-state index contributed by atoms with van der Waals surface area (Å²) >= 11 is 6.02. The molecule has 33 heavy (non-hydrogen) atoms. The molecule has 1 unspecified atom stereocenters. The molecule has 0 amide bonds. The first-order chi connectivity index (χ1) is 16.2. The topological polar surface area (TPSA) is 44.3 Å². The van der Waals surface area contributed by atoms with Gasteiger partial charge in [-0.1, -0.05) is 66.2 Å². The average Bonchev–Trinajstić information content (AvgIpc) is 2.86. The molecule has 5 nitrogen and oxygen atoms in total. The lowest BCUT2D eigenvalue weighted by Gasteiger charge is -2.35. The number of hydrogen-bond acceptors (Lipinski definition) is 5. The van der Waals surface area contributed by atoms with Gasteiger partial charge in [0.05, 0.1) is 5.52 Å². The van der Waals surface area contributed by atoms with E-state index in [1.54, 1.807) is 0 Å². The van der Waals surface area contributed by atoms with Crippen molar-refractivity contribution in [2.75, 3.05) is 36.4 Å². The van der Waals surface area contributed by atoms with Crippen molar-refractivity contribution in [1.82, 2.24) is 14.9 Å². The Morgan fingerprint density at radius 1 is 0.848 bits per heavy atom. The van der Waals surface area contributed by atoms with Crippen LogP contribution in [0, 0.1) is 0 Å². The van der Waals surface area contributed by atoms with E-state index >= 15 is 0 Å². The van der Waals surface area contributed by atoms with Crippen LogP contribution in [0.4, 0.5) is 11.8 Å². The molecule has 1 N–H and O–H groups in total. The van der Waals surface area contributed by atoms with Crippen LogP contribution in [0.15, 0.2) is 78.9 Å². The SMILES string of the molecule is CC(Nc1nc(N2CCN(Cc3ccc(Cl)cc3)CC2)nc2ccccc12)c1ccccc1. The third kappa shape index (κ3) is 5.10. The molecule has 0 aliphatic carbocycles. The smallest absolute Gasteiger partial charge is 0.227 e. The van der Waals surface area contributed by atoms with Gasteiger partial charge in [0.1, 0.15) is 5.82 Å². The first kappa shape index (κ1) is 21.7. The normalized spacial score (nSPS) is 15.5. The van der Waals surface area contributed by atoms with Crippen LogP contribution in [-0.4, -0.2) is 41.0 Å². The fourth-order valence-corrected chi connectivity index (χ4v) is 4.43. The summed E-state index contributed by atoms with van der Waals surface area (Å²) in [5.74, 6) is 1.68. The minimum Gasteiger partial charge on any atom is -0.363 e. The lowest BCUT2D eigenvalue weighted by Crippen LogP contribution is -2.46. The van der Waals surface area contributed by atoms with Gasteiger partial charge in [0, 0.05) is 49.2 Å². The minimum atomic E-state index is 0.147. The van der Waals surface area contributed by atoms with E-state index in [0.29, 0.717) is 0 Å². The number of aromatic nitrogens is 2. The van der Waals surface area contributed by atoms with Crippen molar-refractivity contribution >= 4 is 34.3 Å². The number of para-hydroxylation sites is 1. The zero-order valence-corrected chi connectivity index (χ0v) is 19.5. The Bertz CT molecular complexity index is 1200. The molecule has 2 heterocycles. The van der Waals surface area contributed by atoms with Crippen molar-refractivity contribution < 1.29 is 0 Å². The van der Waals surface area contributed by atoms with Gasteiger partial charge in [0.15, 0.2) is 0 Å². The minimum absolute atomic E-state index is 0.147. The molecule has 0 saturated carbocycles. The van der Waals surface area contributed by atoms with Gasteiger partial charge in [-0.25, -0.2) is 4.98 Å². The first-order valence-corrected chi connectivity index (χ1v) is 11.8. The second kappa shape index (κ2) is 9.77. The fourth-order valence-electron chi connectivity index (χ4n) is 4.30. The van der Waals surface area contributed by atoms with Crippen LogP contribution < -0.4 is 10.2 Å². The number of halogens is 1. The predicted molar refractivity (Wildman–Crippen MR) is 137 cm³/mol. The number of fused-ring (bicyclic) bond motifs is 1. The summed E-state index contributed by atoms with van der Waals surface area (Å²) in [5, 5.41) is 5.45. The Kier molecular flexibility index (Phi) is 6.42. The average molecular weight is 458 g/mol. The molecule has 6 heteroatoms. The van der Waals surface area contributed by atoms with Crippen molar-refractivity contribution in [3.05, 3.63) is 95.0 Å². The summed E-state index contributed by atoms with van der Waals surface area (Å²) in [6, 6.07) is 27.0. The second-order valence-corrected chi connectivity index (χ2v) is 8.99. The lowest BCUT2D eigenvalue weighted by atomic mass is 10.1. The lowest BCUT2D eigenvalue weighted by molar-refractivity contribution is 0.249. The Labute approximate surface area is 200 Å². The van der Waals surface area contributed by atoms with Gasteiger partial charge in [0.2, 0.25) is 5.95 Å². The van der Waals surface area contributed by atoms with Crippen LogP contribution in [0.5, 0.6) is 0 Å². The fraction of sp³-hybridized carbons (Fsp3) is 0.259. The quantitative estimate of drug-likeness (QED) is 0.397. The van der Waals surface area contributed by atoms with Gasteiger partial charge in [-0.3, -0.25) is 4.90 Å². The summed E-state index contributed by atoms with van der Waals surface area (Å²) in [6.07, 6.45) is 0. The molecule has 0 spiro atoms. The monoisotopic (exact) mass is 457 g/mol. The van der Waals surface area contributed by atoms with E-state index in [-0.39, 0.29) is 6.04 Å². The van der Waals surface area contributed by atoms with Gasteiger partial charge in [-0.15, -0.1) is 0 Å². The van der Waals surface area contributed by atoms with E-state index in [0.717, 1.165) is 60.4 Å². The van der Waals surface area contributed by atoms with Crippen LogP contribution in [0.2, 0.25) is 5.02 Å². The molecule has 1 saturated heterocycles. The Morgan fingerprint density at radius 3 is 2.30 bits per heavy atom. The van der Waals surface area contributed by atoms with E-state index in [2.05, 4.69) is 70.6 Å². The third-order valence-corrected chi connectivity index (χ3v) is 6.47. The molecule has 3 aromatic carbocycles. The molecular weight excluding hydrogens is 430 g/mol. The van der Waals surface area contributed by atoms with Gasteiger partial charge < -0.3 is 10.2 Å². The van der Waals surface area contributed by atoms with E-state index < -0.39 is 0 Å². The summed E-state index contributed by atoms with van der Waals surface area (Å²) in [4.78, 5) is 14.6. The first-order valence-electron chi connectivity index (χ1n) is 11.5. The van der Waals surface area contributed by atoms with Gasteiger partial charge in [-0.05, 0) is 42.3 Å². The zero-order chi connectivity index (χ0) is 22.6. The highest BCUT2D eigenvalue weighted by Crippen LogP contribution is 2.27. The molecule has 1 aromatic heterocycles. The van der Waals surface area contributed by atoms with Crippen molar-refractivity contribution in [1.29, 1.82) is 0 Å². The van der Waals surface area contributed by atoms with Gasteiger partial charge in [-0.2, -0.15) is 4.98 Å². The molecule has 5 rings (SSSR count). The maximum atomic E-state index is 6.02. The molecule has 1 aliphatic rings. The van der Waals surface area contributed by atoms with Crippen molar-refractivity contribution in [3.63, 3.8) is 0 Å². The van der Waals surface area contributed by atoms with Crippen molar-refractivity contribution in [2.24, 2.45) is 0 Å². The molecule has 0 radical (unpaired) electrons. The summed E-state index contributed by atoms with van der Waals surface area (Å²) < 4.78 is 0. The predicted octanol–water partition coefficient (Wildman–Crippen LogP) is 5.78. The number of rotatable bonds is 6. The van der Waals surface area contributed by atoms with E-state index in [1.807, 2.05) is 30.3 Å². The highest BCUT2D eigenvalue weighted by atomic mass is 35.5. The van der Waals surface area contributed by atoms with E-state index in [9.17, 15) is 0 Å². The molecule has 0 bridgehead atoms. The zero-order valence-electron chi connectivity index (χ0n) is 18.8. The van der Waals surface area contributed by atoms with Crippen molar-refractivity contribution in [3.8, 4) is 0 Å². The van der Waals surface area contributed by atoms with Crippen LogP contribution in [-0.2, 0) is 6.54 Å². The van der Waals surface area contributed by atoms with E-state index in [4.69, 9.17) is 21.6 Å². The highest BCUT2D eigenvalue weighted by Gasteiger charge is 2.21.